The fourth-order valence-electron chi connectivity index (χ4n) is 3.68. The van der Waals surface area contributed by atoms with Gasteiger partial charge in [-0.15, -0.1) is 0 Å². The van der Waals surface area contributed by atoms with Gasteiger partial charge in [0.05, 0.1) is 6.61 Å². The predicted octanol–water partition coefficient (Wildman–Crippen LogP) is 2.07. The van der Waals surface area contributed by atoms with Crippen molar-refractivity contribution in [3.8, 4) is 5.88 Å². The van der Waals surface area contributed by atoms with Crippen LogP contribution in [0.15, 0.2) is 23.3 Å². The molecule has 0 saturated carbocycles. The highest BCUT2D eigenvalue weighted by Gasteiger charge is 2.18. The molecule has 29 heavy (non-hydrogen) atoms. The molecule has 0 aliphatic carbocycles. The van der Waals surface area contributed by atoms with Crippen molar-refractivity contribution in [2.75, 3.05) is 32.8 Å². The van der Waals surface area contributed by atoms with Crippen LogP contribution in [0, 0.1) is 11.3 Å². The van der Waals surface area contributed by atoms with Crippen LogP contribution in [0.2, 0.25) is 0 Å². The summed E-state index contributed by atoms with van der Waals surface area (Å²) in [4.78, 5) is 10.8. The van der Waals surface area contributed by atoms with E-state index in [0.717, 1.165) is 25.3 Å². The van der Waals surface area contributed by atoms with E-state index in [-0.39, 0.29) is 11.8 Å². The molecule has 7 N–H and O–H groups in total. The largest absolute Gasteiger partial charge is 0.478 e. The number of pyridine rings is 1. The van der Waals surface area contributed by atoms with E-state index in [4.69, 9.17) is 27.3 Å². The van der Waals surface area contributed by atoms with Crippen molar-refractivity contribution in [1.29, 1.82) is 5.41 Å². The summed E-state index contributed by atoms with van der Waals surface area (Å²) in [5, 5.41) is 7.37. The zero-order valence-corrected chi connectivity index (χ0v) is 17.5. The average molecular weight is 404 g/mol. The molecule has 1 aliphatic heterocycles. The van der Waals surface area contributed by atoms with Crippen molar-refractivity contribution in [3.63, 3.8) is 0 Å². The van der Waals surface area contributed by atoms with Crippen molar-refractivity contribution in [3.05, 3.63) is 23.9 Å². The van der Waals surface area contributed by atoms with Crippen molar-refractivity contribution in [2.45, 2.75) is 51.4 Å². The molecule has 0 bridgehead atoms. The Morgan fingerprint density at radius 1 is 1.10 bits per heavy atom. The molecule has 2 heterocycles. The first kappa shape index (κ1) is 22.9. The molecule has 8 nitrogen and oxygen atoms in total. The minimum atomic E-state index is 0.0261. The molecule has 2 rings (SSSR count). The second-order valence-electron chi connectivity index (χ2n) is 7.80. The van der Waals surface area contributed by atoms with Gasteiger partial charge in [0.2, 0.25) is 5.88 Å². The predicted molar refractivity (Wildman–Crippen MR) is 118 cm³/mol. The van der Waals surface area contributed by atoms with E-state index in [1.54, 1.807) is 18.3 Å². The molecular weight excluding hydrogens is 366 g/mol. The molecule has 0 aromatic carbocycles. The number of nitrogens with one attached hydrogen (secondary N) is 1. The smallest absolute Gasteiger partial charge is 0.213 e. The van der Waals surface area contributed by atoms with Gasteiger partial charge in [-0.3, -0.25) is 10.4 Å². The number of nitrogen functional groups attached to an aromatic ring is 1. The summed E-state index contributed by atoms with van der Waals surface area (Å²) in [5.41, 5.74) is 16.7. The number of nitrogens with zero attached hydrogens (tertiary/aromatic N) is 3. The number of rotatable bonds is 13. The van der Waals surface area contributed by atoms with Crippen molar-refractivity contribution >= 4 is 11.8 Å². The number of unbranched alkanes of at least 4 members (excludes halogenated alkanes) is 3. The van der Waals surface area contributed by atoms with E-state index in [2.05, 4.69) is 14.9 Å². The first-order valence-corrected chi connectivity index (χ1v) is 10.8. The summed E-state index contributed by atoms with van der Waals surface area (Å²) >= 11 is 0. The molecular formula is C21H37N7O. The number of ether oxygens (including phenoxy) is 1. The second-order valence-corrected chi connectivity index (χ2v) is 7.80. The first-order chi connectivity index (χ1) is 14.0. The van der Waals surface area contributed by atoms with E-state index >= 15 is 0 Å². The summed E-state index contributed by atoms with van der Waals surface area (Å²) in [6.45, 7) is 5.07. The van der Waals surface area contributed by atoms with Crippen LogP contribution in [0.3, 0.4) is 0 Å². The van der Waals surface area contributed by atoms with Crippen LogP contribution in [-0.4, -0.2) is 54.5 Å². The summed E-state index contributed by atoms with van der Waals surface area (Å²) in [6, 6.07) is 3.54. The van der Waals surface area contributed by atoms with Gasteiger partial charge in [0.25, 0.3) is 0 Å². The second kappa shape index (κ2) is 13.0. The lowest BCUT2D eigenvalue weighted by Crippen LogP contribution is -2.34. The quantitative estimate of drug-likeness (QED) is 0.226. The van der Waals surface area contributed by atoms with Gasteiger partial charge in [-0.25, -0.2) is 4.98 Å². The third-order valence-electron chi connectivity index (χ3n) is 5.44. The zero-order chi connectivity index (χ0) is 20.9. The highest BCUT2D eigenvalue weighted by Crippen LogP contribution is 2.22. The van der Waals surface area contributed by atoms with Gasteiger partial charge in [-0.2, -0.15) is 0 Å². The molecule has 1 fully saturated rings. The lowest BCUT2D eigenvalue weighted by atomic mass is 9.92. The number of likely N-dealkylation sites (tertiary alicyclic amines) is 1. The number of guanidine groups is 1. The van der Waals surface area contributed by atoms with Gasteiger partial charge in [-0.1, -0.05) is 12.8 Å². The maximum Gasteiger partial charge on any atom is 0.213 e. The van der Waals surface area contributed by atoms with E-state index in [9.17, 15) is 0 Å². The average Bonchev–Trinajstić information content (AvgIpc) is 2.71. The number of piperidine rings is 1. The van der Waals surface area contributed by atoms with E-state index < -0.39 is 0 Å². The molecule has 1 aliphatic rings. The Kier molecular flexibility index (Phi) is 10.3. The van der Waals surface area contributed by atoms with Crippen LogP contribution in [-0.2, 0) is 0 Å². The highest BCUT2D eigenvalue weighted by molar-refractivity contribution is 5.94. The number of aliphatic imine (C=N–C) groups is 1. The van der Waals surface area contributed by atoms with Crippen molar-refractivity contribution in [2.24, 2.45) is 28.1 Å². The van der Waals surface area contributed by atoms with Crippen LogP contribution in [0.5, 0.6) is 5.88 Å². The van der Waals surface area contributed by atoms with Gasteiger partial charge in [0, 0.05) is 24.4 Å². The summed E-state index contributed by atoms with van der Waals surface area (Å²) in [5.74, 6) is 1.63. The molecule has 0 amide bonds. The molecule has 0 unspecified atom stereocenters. The topological polar surface area (TPSA) is 140 Å². The van der Waals surface area contributed by atoms with Crippen LogP contribution in [0.1, 0.15) is 56.9 Å². The standard InChI is InChI=1S/C21H37N7O/c22-20(23)18-7-8-19(27-16-18)29-15-5-6-17-9-13-28(14-10-17)12-4-2-1-3-11-26-21(24)25/h7-8,16-17H,1-6,9-15H2,(H3,22,23)(H4,24,25,26). The first-order valence-electron chi connectivity index (χ1n) is 10.8. The number of amidine groups is 1. The fraction of sp³-hybridized carbons (Fsp3) is 0.667. The van der Waals surface area contributed by atoms with Gasteiger partial charge >= 0.3 is 0 Å². The van der Waals surface area contributed by atoms with Gasteiger partial charge in [0.15, 0.2) is 5.96 Å². The lowest BCUT2D eigenvalue weighted by Gasteiger charge is -2.32. The number of hydrogen-bond acceptors (Lipinski definition) is 5. The third kappa shape index (κ3) is 9.60. The molecule has 0 radical (unpaired) electrons. The van der Waals surface area contributed by atoms with Crippen LogP contribution >= 0.6 is 0 Å². The molecule has 1 aromatic heterocycles. The van der Waals surface area contributed by atoms with Crippen molar-refractivity contribution in [1.82, 2.24) is 9.88 Å². The van der Waals surface area contributed by atoms with Gasteiger partial charge < -0.3 is 26.8 Å². The van der Waals surface area contributed by atoms with Crippen LogP contribution in [0.4, 0.5) is 0 Å². The zero-order valence-electron chi connectivity index (χ0n) is 17.5. The Morgan fingerprint density at radius 2 is 1.86 bits per heavy atom. The van der Waals surface area contributed by atoms with E-state index in [1.807, 2.05) is 0 Å². The summed E-state index contributed by atoms with van der Waals surface area (Å²) in [6.07, 6.45) is 11.2. The van der Waals surface area contributed by atoms with Gasteiger partial charge in [-0.05, 0) is 70.1 Å². The Bertz CT molecular complexity index is 620. The van der Waals surface area contributed by atoms with Crippen molar-refractivity contribution < 1.29 is 4.74 Å². The Balaban J connectivity index is 1.47. The third-order valence-corrected chi connectivity index (χ3v) is 5.44. The van der Waals surface area contributed by atoms with E-state index in [0.29, 0.717) is 18.1 Å². The van der Waals surface area contributed by atoms with E-state index in [1.165, 1.54) is 58.2 Å². The molecule has 1 saturated heterocycles. The molecule has 162 valence electrons. The normalized spacial score (nSPS) is 15.2. The number of hydrogen-bond donors (Lipinski definition) is 4. The number of aromatic nitrogens is 1. The minimum Gasteiger partial charge on any atom is -0.478 e. The maximum absolute atomic E-state index is 7.37. The Labute approximate surface area is 174 Å². The number of nitrogens with two attached hydrogens (primary N) is 3. The molecule has 0 spiro atoms. The summed E-state index contributed by atoms with van der Waals surface area (Å²) < 4.78 is 5.70. The monoisotopic (exact) mass is 403 g/mol. The molecule has 1 aromatic rings. The Morgan fingerprint density at radius 3 is 2.52 bits per heavy atom. The minimum absolute atomic E-state index is 0.0261. The van der Waals surface area contributed by atoms with Crippen LogP contribution in [0.25, 0.3) is 0 Å². The SMILES string of the molecule is N=C(N)c1ccc(OCCCC2CCN(CCCCCCN=C(N)N)CC2)nc1. The fourth-order valence-corrected chi connectivity index (χ4v) is 3.68. The lowest BCUT2D eigenvalue weighted by molar-refractivity contribution is 0.169. The molecule has 8 heteroatoms. The maximum atomic E-state index is 7.37. The van der Waals surface area contributed by atoms with Crippen LogP contribution < -0.4 is 21.9 Å². The Hall–Kier alpha value is -2.35. The highest BCUT2D eigenvalue weighted by atomic mass is 16.5. The van der Waals surface area contributed by atoms with Gasteiger partial charge in [0.1, 0.15) is 5.84 Å². The molecule has 0 atom stereocenters. The summed E-state index contributed by atoms with van der Waals surface area (Å²) in [7, 11) is 0.